The van der Waals surface area contributed by atoms with Gasteiger partial charge in [0.1, 0.15) is 5.75 Å². The van der Waals surface area contributed by atoms with E-state index in [0.717, 1.165) is 18.0 Å². The zero-order chi connectivity index (χ0) is 10.4. The molecule has 0 saturated carbocycles. The molecule has 0 N–H and O–H groups in total. The van der Waals surface area contributed by atoms with Crippen molar-refractivity contribution in [2.24, 2.45) is 0 Å². The average molecular weight is 209 g/mol. The van der Waals surface area contributed by atoms with Crippen molar-refractivity contribution < 1.29 is 4.74 Å². The molecule has 1 rings (SSSR count). The number of anilines is 1. The van der Waals surface area contributed by atoms with Crippen LogP contribution in [0.2, 0.25) is 6.04 Å². The third-order valence-electron chi connectivity index (χ3n) is 2.10. The Labute approximate surface area is 89.3 Å². The summed E-state index contributed by atoms with van der Waals surface area (Å²) in [5, 5.41) is 0. The van der Waals surface area contributed by atoms with Crippen molar-refractivity contribution in [3.8, 4) is 5.75 Å². The molecule has 0 amide bonds. The molecule has 0 saturated heterocycles. The van der Waals surface area contributed by atoms with E-state index in [9.17, 15) is 0 Å². The fraction of sp³-hybridized carbons (Fsp3) is 0.455. The van der Waals surface area contributed by atoms with E-state index in [4.69, 9.17) is 4.74 Å². The Morgan fingerprint density at radius 2 is 2.00 bits per heavy atom. The Bertz CT molecular complexity index is 276. The minimum atomic E-state index is 0.842. The fourth-order valence-electron chi connectivity index (χ4n) is 1.28. The smallest absolute Gasteiger partial charge is 0.142 e. The summed E-state index contributed by atoms with van der Waals surface area (Å²) in [5.74, 6) is 0.993. The van der Waals surface area contributed by atoms with Gasteiger partial charge in [0.15, 0.2) is 0 Å². The van der Waals surface area contributed by atoms with Crippen molar-refractivity contribution in [2.75, 3.05) is 25.6 Å². The summed E-state index contributed by atoms with van der Waals surface area (Å²) >= 11 is 0. The first kappa shape index (κ1) is 11.1. The van der Waals surface area contributed by atoms with Crippen LogP contribution in [0.25, 0.3) is 0 Å². The van der Waals surface area contributed by atoms with Gasteiger partial charge in [0.25, 0.3) is 0 Å². The highest BCUT2D eigenvalue weighted by Crippen LogP contribution is 2.25. The Balaban J connectivity index is 2.64. The second kappa shape index (κ2) is 5.70. The number of nitrogens with zero attached hydrogens (tertiary/aromatic N) is 1. The molecule has 0 unspecified atom stereocenters. The second-order valence-corrected chi connectivity index (χ2v) is 4.56. The number of hydrogen-bond donors (Lipinski definition) is 0. The predicted molar refractivity (Wildman–Crippen MR) is 65.6 cm³/mol. The van der Waals surface area contributed by atoms with Crippen LogP contribution < -0.4 is 9.64 Å². The van der Waals surface area contributed by atoms with E-state index in [1.807, 2.05) is 32.3 Å². The third-order valence-corrected chi connectivity index (χ3v) is 2.81. The molecule has 1 aromatic carbocycles. The summed E-state index contributed by atoms with van der Waals surface area (Å²) in [4.78, 5) is 2.08. The number of ether oxygens (including phenoxy) is 1. The van der Waals surface area contributed by atoms with Gasteiger partial charge in [-0.15, -0.1) is 0 Å². The fourth-order valence-corrected chi connectivity index (χ4v) is 1.56. The van der Waals surface area contributed by atoms with Gasteiger partial charge in [-0.1, -0.05) is 18.2 Å². The minimum absolute atomic E-state index is 0.842. The zero-order valence-corrected chi connectivity index (χ0v) is 11.3. The van der Waals surface area contributed by atoms with E-state index >= 15 is 0 Å². The molecule has 2 nitrogen and oxygen atoms in total. The summed E-state index contributed by atoms with van der Waals surface area (Å²) in [6.07, 6.45) is 1.17. The van der Waals surface area contributed by atoms with Gasteiger partial charge in [-0.05, 0) is 18.6 Å². The lowest BCUT2D eigenvalue weighted by Gasteiger charge is -2.17. The summed E-state index contributed by atoms with van der Waals surface area (Å²) in [6, 6.07) is 9.47. The summed E-state index contributed by atoms with van der Waals surface area (Å²) in [7, 11) is 5.34. The topological polar surface area (TPSA) is 12.5 Å². The van der Waals surface area contributed by atoms with Gasteiger partial charge >= 0.3 is 0 Å². The lowest BCUT2D eigenvalue weighted by molar-refractivity contribution is 0.318. The molecule has 0 heterocycles. The number of rotatable bonds is 5. The predicted octanol–water partition coefficient (Wildman–Crippen LogP) is 1.31. The van der Waals surface area contributed by atoms with Crippen LogP contribution in [-0.2, 0) is 0 Å². The first-order chi connectivity index (χ1) is 6.75. The van der Waals surface area contributed by atoms with Crippen molar-refractivity contribution in [1.82, 2.24) is 0 Å². The molecule has 0 aromatic heterocycles. The maximum atomic E-state index is 5.72. The SMILES string of the molecule is CN(C)c1ccccc1OCCC[SiH3]. The number of para-hydroxylation sites is 2. The highest BCUT2D eigenvalue weighted by atomic mass is 28.1. The van der Waals surface area contributed by atoms with Crippen LogP contribution in [0.15, 0.2) is 24.3 Å². The lowest BCUT2D eigenvalue weighted by atomic mass is 10.3. The molecule has 0 bridgehead atoms. The van der Waals surface area contributed by atoms with Crippen LogP contribution in [-0.4, -0.2) is 30.9 Å². The molecule has 0 aliphatic rings. The summed E-state index contributed by atoms with van der Waals surface area (Å²) < 4.78 is 5.72. The van der Waals surface area contributed by atoms with Crippen LogP contribution in [0, 0.1) is 0 Å². The molecule has 3 heteroatoms. The monoisotopic (exact) mass is 209 g/mol. The Hall–Kier alpha value is -0.963. The van der Waals surface area contributed by atoms with E-state index in [1.165, 1.54) is 22.7 Å². The van der Waals surface area contributed by atoms with Gasteiger partial charge in [0.05, 0.1) is 12.3 Å². The van der Waals surface area contributed by atoms with Crippen molar-refractivity contribution in [3.05, 3.63) is 24.3 Å². The lowest BCUT2D eigenvalue weighted by Crippen LogP contribution is -2.10. The summed E-state index contributed by atoms with van der Waals surface area (Å²) in [6.45, 7) is 0.842. The van der Waals surface area contributed by atoms with Gasteiger partial charge in [-0.3, -0.25) is 0 Å². The molecule has 14 heavy (non-hydrogen) atoms. The third kappa shape index (κ3) is 3.07. The maximum absolute atomic E-state index is 5.72. The molecule has 0 aliphatic heterocycles. The van der Waals surface area contributed by atoms with E-state index in [0.29, 0.717) is 0 Å². The van der Waals surface area contributed by atoms with Gasteiger partial charge < -0.3 is 9.64 Å². The van der Waals surface area contributed by atoms with Crippen LogP contribution in [0.1, 0.15) is 6.42 Å². The average Bonchev–Trinajstić information content (AvgIpc) is 2.19. The van der Waals surface area contributed by atoms with Gasteiger partial charge in [-0.2, -0.15) is 0 Å². The number of hydrogen-bond acceptors (Lipinski definition) is 2. The van der Waals surface area contributed by atoms with Crippen molar-refractivity contribution in [3.63, 3.8) is 0 Å². The molecule has 0 spiro atoms. The first-order valence-corrected chi connectivity index (χ1v) is 6.56. The molecule has 0 atom stereocenters. The van der Waals surface area contributed by atoms with E-state index in [2.05, 4.69) is 11.0 Å². The highest BCUT2D eigenvalue weighted by molar-refractivity contribution is 6.08. The van der Waals surface area contributed by atoms with Crippen LogP contribution in [0.5, 0.6) is 5.75 Å². The molecule has 0 aliphatic carbocycles. The Morgan fingerprint density at radius 3 is 2.64 bits per heavy atom. The van der Waals surface area contributed by atoms with E-state index in [1.54, 1.807) is 0 Å². The van der Waals surface area contributed by atoms with Crippen LogP contribution in [0.4, 0.5) is 5.69 Å². The van der Waals surface area contributed by atoms with Gasteiger partial charge in [0, 0.05) is 24.3 Å². The van der Waals surface area contributed by atoms with E-state index < -0.39 is 0 Å². The maximum Gasteiger partial charge on any atom is 0.142 e. The van der Waals surface area contributed by atoms with Crippen LogP contribution in [0.3, 0.4) is 0 Å². The zero-order valence-electron chi connectivity index (χ0n) is 9.29. The van der Waals surface area contributed by atoms with Crippen molar-refractivity contribution in [1.29, 1.82) is 0 Å². The second-order valence-electron chi connectivity index (χ2n) is 3.56. The Kier molecular flexibility index (Phi) is 4.53. The van der Waals surface area contributed by atoms with Gasteiger partial charge in [0.2, 0.25) is 0 Å². The standard InChI is InChI=1S/C11H19NOSi/c1-12(2)10-6-3-4-7-11(10)13-8-5-9-14/h3-4,6-7H,5,8-9H2,1-2,14H3. The van der Waals surface area contributed by atoms with E-state index in [-0.39, 0.29) is 0 Å². The Morgan fingerprint density at radius 1 is 1.29 bits per heavy atom. The molecule has 0 fully saturated rings. The molecular formula is C11H19NOSi. The highest BCUT2D eigenvalue weighted by Gasteiger charge is 2.03. The normalized spacial score (nSPS) is 10.1. The van der Waals surface area contributed by atoms with Gasteiger partial charge in [-0.25, -0.2) is 0 Å². The van der Waals surface area contributed by atoms with Crippen molar-refractivity contribution in [2.45, 2.75) is 12.5 Å². The number of benzene rings is 1. The molecule has 1 aromatic rings. The molecule has 0 radical (unpaired) electrons. The van der Waals surface area contributed by atoms with Crippen molar-refractivity contribution >= 4 is 15.9 Å². The molecular weight excluding hydrogens is 190 g/mol. The van der Waals surface area contributed by atoms with Crippen LogP contribution >= 0.6 is 0 Å². The molecule has 78 valence electrons. The first-order valence-electron chi connectivity index (χ1n) is 5.15. The summed E-state index contributed by atoms with van der Waals surface area (Å²) in [5.41, 5.74) is 1.15. The largest absolute Gasteiger partial charge is 0.491 e. The quantitative estimate of drug-likeness (QED) is 0.535. The minimum Gasteiger partial charge on any atom is -0.491 e.